The van der Waals surface area contributed by atoms with Crippen molar-refractivity contribution in [1.29, 1.82) is 0 Å². The van der Waals surface area contributed by atoms with E-state index in [2.05, 4.69) is 44.4 Å². The van der Waals surface area contributed by atoms with Gasteiger partial charge in [-0.15, -0.1) is 5.10 Å². The van der Waals surface area contributed by atoms with Crippen LogP contribution < -0.4 is 9.64 Å². The lowest BCUT2D eigenvalue weighted by molar-refractivity contribution is -0.131. The smallest absolute Gasteiger partial charge is 0.224 e. The number of carbonyl (C=O) groups is 2. The number of hydrogen-bond acceptors (Lipinski definition) is 8. The molecule has 260 valence electrons. The number of H-pyrrole nitrogens is 1. The Morgan fingerprint density at radius 1 is 1.12 bits per heavy atom. The molecule has 2 saturated heterocycles. The fourth-order valence-electron chi connectivity index (χ4n) is 6.95. The van der Waals surface area contributed by atoms with E-state index < -0.39 is 5.82 Å². The first-order chi connectivity index (χ1) is 23.7. The highest BCUT2D eigenvalue weighted by molar-refractivity contribution is 5.90. The Labute approximate surface area is 284 Å². The first-order valence-corrected chi connectivity index (χ1v) is 16.7. The molecule has 1 aromatic carbocycles. The number of methoxy groups -OCH3 is 1. The SMILES string of the molecule is COc1cc(F)cnc1N1CCN(C=O)CC1.Cc1cc2c(C3CCCN3C)cc(C3=CCCN(C(=O)CCn4ccnn4)C3)c(F)c2[nH]1. The monoisotopic (exact) mass is 675 g/mol. The molecule has 1 N–H and O–H groups in total. The van der Waals surface area contributed by atoms with E-state index in [1.54, 1.807) is 22.0 Å². The molecule has 0 saturated carbocycles. The van der Waals surface area contributed by atoms with Crippen molar-refractivity contribution in [3.05, 3.63) is 71.3 Å². The summed E-state index contributed by atoms with van der Waals surface area (Å²) in [6.45, 7) is 7.24. The number of hydrogen-bond donors (Lipinski definition) is 1. The molecule has 2 amide bonds. The number of rotatable bonds is 8. The fourth-order valence-corrected chi connectivity index (χ4v) is 6.95. The van der Waals surface area contributed by atoms with Gasteiger partial charge < -0.3 is 24.4 Å². The maximum absolute atomic E-state index is 15.7. The molecular formula is C35H43F2N9O3. The number of nitrogens with one attached hydrogen (secondary N) is 1. The zero-order valence-electron chi connectivity index (χ0n) is 28.2. The van der Waals surface area contributed by atoms with Crippen LogP contribution in [0.5, 0.6) is 5.75 Å². The zero-order valence-corrected chi connectivity index (χ0v) is 28.2. The molecule has 4 aromatic rings. The van der Waals surface area contributed by atoms with Crippen molar-refractivity contribution >= 4 is 34.6 Å². The summed E-state index contributed by atoms with van der Waals surface area (Å²) in [6.07, 6.45) is 10.8. The second-order valence-corrected chi connectivity index (χ2v) is 12.8. The van der Waals surface area contributed by atoms with E-state index in [0.29, 0.717) is 74.9 Å². The van der Waals surface area contributed by atoms with Crippen molar-refractivity contribution < 1.29 is 23.1 Å². The van der Waals surface area contributed by atoms with Gasteiger partial charge in [0.05, 0.1) is 31.6 Å². The minimum atomic E-state index is -0.419. The molecule has 12 nitrogen and oxygen atoms in total. The largest absolute Gasteiger partial charge is 0.493 e. The number of likely N-dealkylation sites (tertiary alicyclic amines) is 1. The Balaban J connectivity index is 0.000000207. The summed E-state index contributed by atoms with van der Waals surface area (Å²) in [7, 11) is 3.63. The average Bonchev–Trinajstić information content (AvgIpc) is 3.90. The van der Waals surface area contributed by atoms with E-state index in [9.17, 15) is 14.0 Å². The number of anilines is 1. The van der Waals surface area contributed by atoms with Crippen LogP contribution in [0.15, 0.2) is 42.9 Å². The maximum atomic E-state index is 15.7. The molecule has 3 aliphatic rings. The molecule has 0 spiro atoms. The van der Waals surface area contributed by atoms with Crippen molar-refractivity contribution in [2.45, 2.75) is 45.2 Å². The number of pyridine rings is 1. The van der Waals surface area contributed by atoms with Gasteiger partial charge in [0, 0.05) is 80.6 Å². The maximum Gasteiger partial charge on any atom is 0.224 e. The number of halogens is 2. The van der Waals surface area contributed by atoms with Crippen LogP contribution in [0.2, 0.25) is 0 Å². The molecule has 6 heterocycles. The van der Waals surface area contributed by atoms with E-state index in [1.165, 1.54) is 24.9 Å². The van der Waals surface area contributed by atoms with E-state index >= 15 is 4.39 Å². The molecule has 1 atom stereocenters. The Bertz CT molecular complexity index is 1800. The second-order valence-electron chi connectivity index (χ2n) is 12.8. The highest BCUT2D eigenvalue weighted by Gasteiger charge is 2.29. The molecule has 49 heavy (non-hydrogen) atoms. The van der Waals surface area contributed by atoms with Gasteiger partial charge in [0.15, 0.2) is 17.4 Å². The van der Waals surface area contributed by atoms with Gasteiger partial charge in [-0.1, -0.05) is 11.3 Å². The van der Waals surface area contributed by atoms with Gasteiger partial charge in [0.2, 0.25) is 12.3 Å². The molecular weight excluding hydrogens is 632 g/mol. The van der Waals surface area contributed by atoms with Gasteiger partial charge >= 0.3 is 0 Å². The molecule has 2 fully saturated rings. The minimum Gasteiger partial charge on any atom is -0.493 e. The van der Waals surface area contributed by atoms with Gasteiger partial charge in [-0.2, -0.15) is 0 Å². The van der Waals surface area contributed by atoms with Crippen LogP contribution in [-0.2, 0) is 16.1 Å². The molecule has 7 rings (SSSR count). The van der Waals surface area contributed by atoms with Gasteiger partial charge in [0.25, 0.3) is 0 Å². The number of ether oxygens (including phenoxy) is 1. The average molecular weight is 676 g/mol. The van der Waals surface area contributed by atoms with Crippen molar-refractivity contribution in [3.8, 4) is 5.75 Å². The van der Waals surface area contributed by atoms with Crippen molar-refractivity contribution in [3.63, 3.8) is 0 Å². The number of benzene rings is 1. The number of aromatic amines is 1. The van der Waals surface area contributed by atoms with E-state index in [1.807, 2.05) is 22.8 Å². The Morgan fingerprint density at radius 2 is 1.94 bits per heavy atom. The number of piperazine rings is 1. The van der Waals surface area contributed by atoms with Crippen LogP contribution in [0.25, 0.3) is 16.5 Å². The normalized spacial score (nSPS) is 18.3. The molecule has 3 aliphatic heterocycles. The van der Waals surface area contributed by atoms with Crippen LogP contribution in [-0.4, -0.2) is 112 Å². The van der Waals surface area contributed by atoms with Crippen LogP contribution in [0.3, 0.4) is 0 Å². The standard InChI is InChI=1S/C24H29FN6O.C11H14FN3O2/c1-16-13-20-19(21-6-4-9-29(21)2)14-18(23(25)24(20)27-16)17-5-3-10-30(15-17)22(32)7-11-31-12-8-26-28-31;1-17-10-6-9(12)7-13-11(10)15-4-2-14(8-16)3-5-15/h5,8,12-14,21,27H,3-4,6-7,9-11,15H2,1-2H3;6-8H,2-5H2,1H3. The highest BCUT2D eigenvalue weighted by Crippen LogP contribution is 2.39. The van der Waals surface area contributed by atoms with Crippen LogP contribution in [0.1, 0.15) is 48.5 Å². The summed E-state index contributed by atoms with van der Waals surface area (Å²) in [4.78, 5) is 38.6. The quantitative estimate of drug-likeness (QED) is 0.277. The Kier molecular flexibility index (Phi) is 10.5. The molecule has 14 heteroatoms. The Morgan fingerprint density at radius 3 is 2.63 bits per heavy atom. The van der Waals surface area contributed by atoms with Crippen LogP contribution in [0.4, 0.5) is 14.6 Å². The molecule has 0 bridgehead atoms. The number of aromatic nitrogens is 5. The van der Waals surface area contributed by atoms with Crippen molar-refractivity contribution in [1.82, 2.24) is 39.7 Å². The number of amides is 2. The lowest BCUT2D eigenvalue weighted by Crippen LogP contribution is -2.46. The first-order valence-electron chi connectivity index (χ1n) is 16.7. The van der Waals surface area contributed by atoms with Crippen LogP contribution >= 0.6 is 0 Å². The summed E-state index contributed by atoms with van der Waals surface area (Å²) >= 11 is 0. The van der Waals surface area contributed by atoms with E-state index in [0.717, 1.165) is 48.9 Å². The summed E-state index contributed by atoms with van der Waals surface area (Å²) < 4.78 is 35.5. The molecule has 0 radical (unpaired) electrons. The van der Waals surface area contributed by atoms with E-state index in [4.69, 9.17) is 4.74 Å². The third-order valence-corrected chi connectivity index (χ3v) is 9.56. The van der Waals surface area contributed by atoms with Gasteiger partial charge in [-0.05, 0) is 63.0 Å². The second kappa shape index (κ2) is 15.1. The zero-order chi connectivity index (χ0) is 34.5. The minimum absolute atomic E-state index is 0.0547. The summed E-state index contributed by atoms with van der Waals surface area (Å²) in [5, 5.41) is 8.67. The van der Waals surface area contributed by atoms with Gasteiger partial charge in [-0.3, -0.25) is 19.2 Å². The summed E-state index contributed by atoms with van der Waals surface area (Å²) in [6, 6.07) is 5.69. The summed E-state index contributed by atoms with van der Waals surface area (Å²) in [5.41, 5.74) is 4.21. The first kappa shape index (κ1) is 34.0. The number of nitrogens with zero attached hydrogens (tertiary/aromatic N) is 8. The lowest BCUT2D eigenvalue weighted by atomic mass is 9.92. The molecule has 3 aromatic heterocycles. The fraction of sp³-hybridized carbons (Fsp3) is 0.457. The lowest BCUT2D eigenvalue weighted by Gasteiger charge is -2.33. The molecule has 0 aliphatic carbocycles. The van der Waals surface area contributed by atoms with Crippen molar-refractivity contribution in [2.75, 3.05) is 64.9 Å². The third-order valence-electron chi connectivity index (χ3n) is 9.56. The number of carbonyl (C=O) groups excluding carboxylic acids is 2. The summed E-state index contributed by atoms with van der Waals surface area (Å²) in [5.74, 6) is 0.459. The van der Waals surface area contributed by atoms with Gasteiger partial charge in [0.1, 0.15) is 5.82 Å². The number of fused-ring (bicyclic) bond motifs is 1. The topological polar surface area (TPSA) is 116 Å². The van der Waals surface area contributed by atoms with Gasteiger partial charge in [-0.25, -0.2) is 13.8 Å². The molecule has 1 unspecified atom stereocenters. The predicted octanol–water partition coefficient (Wildman–Crippen LogP) is 4.19. The highest BCUT2D eigenvalue weighted by atomic mass is 19.1. The Hall–Kier alpha value is -4.85. The van der Waals surface area contributed by atoms with E-state index in [-0.39, 0.29) is 17.8 Å². The van der Waals surface area contributed by atoms with Crippen LogP contribution in [0, 0.1) is 18.6 Å². The number of aryl methyl sites for hydroxylation is 2. The predicted molar refractivity (Wildman–Crippen MR) is 182 cm³/mol. The van der Waals surface area contributed by atoms with Crippen molar-refractivity contribution in [2.24, 2.45) is 0 Å². The third kappa shape index (κ3) is 7.58.